The summed E-state index contributed by atoms with van der Waals surface area (Å²) in [5.74, 6) is -0.414. The Hall–Kier alpha value is -1.89. The topological polar surface area (TPSA) is 66.8 Å². The van der Waals surface area contributed by atoms with Gasteiger partial charge in [-0.3, -0.25) is 9.59 Å². The molecule has 5 nitrogen and oxygen atoms in total. The highest BCUT2D eigenvalue weighted by Gasteiger charge is 2.38. The van der Waals surface area contributed by atoms with Gasteiger partial charge in [-0.2, -0.15) is 0 Å². The van der Waals surface area contributed by atoms with Crippen molar-refractivity contribution in [3.8, 4) is 5.75 Å². The Morgan fingerprint density at radius 2 is 1.93 bits per heavy atom. The highest BCUT2D eigenvalue weighted by molar-refractivity contribution is 8.01. The number of aliphatic carboxylic acids is 1. The largest absolute Gasteiger partial charge is 0.497 e. The van der Waals surface area contributed by atoms with Gasteiger partial charge in [0.1, 0.15) is 5.75 Å². The number of rotatable bonds is 6. The molecule has 1 aliphatic rings. The van der Waals surface area contributed by atoms with Crippen molar-refractivity contribution in [2.24, 2.45) is 5.92 Å². The summed E-state index contributed by atoms with van der Waals surface area (Å²) in [6.45, 7) is 4.52. The third-order valence-corrected chi connectivity index (χ3v) is 6.84. The SMILES string of the molecule is COc1ccc(C2SC(CC(=O)O)C(=O)N(CC(C)C)c3ccc(Cl)cc32)c(Cl)c1. The van der Waals surface area contributed by atoms with Crippen molar-refractivity contribution in [3.63, 3.8) is 0 Å². The van der Waals surface area contributed by atoms with Crippen LogP contribution in [0.15, 0.2) is 36.4 Å². The molecule has 2 unspecified atom stereocenters. The second-order valence-corrected chi connectivity index (χ2v) is 9.69. The molecular formula is C22H23Cl2NO4S. The Bertz CT molecular complexity index is 966. The summed E-state index contributed by atoms with van der Waals surface area (Å²) in [5.41, 5.74) is 2.34. The summed E-state index contributed by atoms with van der Waals surface area (Å²) in [4.78, 5) is 26.6. The van der Waals surface area contributed by atoms with Crippen LogP contribution in [-0.4, -0.2) is 35.9 Å². The van der Waals surface area contributed by atoms with Crippen LogP contribution >= 0.6 is 35.0 Å². The number of carbonyl (C=O) groups is 2. The first-order chi connectivity index (χ1) is 14.2. The van der Waals surface area contributed by atoms with Crippen molar-refractivity contribution < 1.29 is 19.4 Å². The number of fused-ring (bicyclic) bond motifs is 1. The molecule has 1 heterocycles. The van der Waals surface area contributed by atoms with Crippen molar-refractivity contribution in [2.45, 2.75) is 30.8 Å². The maximum absolute atomic E-state index is 13.4. The predicted molar refractivity (Wildman–Crippen MR) is 122 cm³/mol. The van der Waals surface area contributed by atoms with Gasteiger partial charge in [0, 0.05) is 22.3 Å². The van der Waals surface area contributed by atoms with E-state index in [0.717, 1.165) is 16.8 Å². The van der Waals surface area contributed by atoms with Gasteiger partial charge in [-0.25, -0.2) is 0 Å². The highest BCUT2D eigenvalue weighted by atomic mass is 35.5. The fourth-order valence-electron chi connectivity index (χ4n) is 3.51. The van der Waals surface area contributed by atoms with E-state index in [1.54, 1.807) is 30.2 Å². The Labute approximate surface area is 190 Å². The van der Waals surface area contributed by atoms with E-state index in [0.29, 0.717) is 22.3 Å². The molecule has 2 atom stereocenters. The molecule has 0 fully saturated rings. The number of methoxy groups -OCH3 is 1. The van der Waals surface area contributed by atoms with Crippen molar-refractivity contribution in [1.82, 2.24) is 0 Å². The monoisotopic (exact) mass is 467 g/mol. The van der Waals surface area contributed by atoms with E-state index in [9.17, 15) is 14.7 Å². The standard InChI is InChI=1S/C22H23Cl2NO4S/c1-12(2)11-25-18-7-4-13(23)8-16(18)21(30-19(22(25)28)10-20(26)27)15-6-5-14(29-3)9-17(15)24/h4-9,12,19,21H,10-11H2,1-3H3,(H,26,27). The van der Waals surface area contributed by atoms with E-state index in [1.807, 2.05) is 32.0 Å². The average molecular weight is 468 g/mol. The summed E-state index contributed by atoms with van der Waals surface area (Å²) in [6, 6.07) is 10.8. The highest BCUT2D eigenvalue weighted by Crippen LogP contribution is 2.49. The Balaban J connectivity index is 2.20. The summed E-state index contributed by atoms with van der Waals surface area (Å²) >= 11 is 14.2. The molecule has 0 aromatic heterocycles. The lowest BCUT2D eigenvalue weighted by Crippen LogP contribution is -2.40. The summed E-state index contributed by atoms with van der Waals surface area (Å²) < 4.78 is 5.25. The molecule has 0 saturated heterocycles. The molecule has 1 amide bonds. The van der Waals surface area contributed by atoms with Crippen LogP contribution in [0, 0.1) is 5.92 Å². The molecule has 8 heteroatoms. The van der Waals surface area contributed by atoms with Crippen LogP contribution in [-0.2, 0) is 9.59 Å². The average Bonchev–Trinajstić information content (AvgIpc) is 2.77. The predicted octanol–water partition coefficient (Wildman–Crippen LogP) is 5.67. The van der Waals surface area contributed by atoms with E-state index in [-0.39, 0.29) is 23.5 Å². The van der Waals surface area contributed by atoms with E-state index in [1.165, 1.54) is 11.8 Å². The number of anilines is 1. The number of nitrogens with zero attached hydrogens (tertiary/aromatic N) is 1. The maximum Gasteiger partial charge on any atom is 0.305 e. The number of hydrogen-bond donors (Lipinski definition) is 1. The first kappa shape index (κ1) is 22.8. The molecule has 0 spiro atoms. The number of amides is 1. The molecule has 2 aromatic carbocycles. The minimum Gasteiger partial charge on any atom is -0.497 e. The van der Waals surface area contributed by atoms with Gasteiger partial charge in [0.2, 0.25) is 5.91 Å². The van der Waals surface area contributed by atoms with E-state index < -0.39 is 11.2 Å². The molecule has 0 radical (unpaired) electrons. The number of thioether (sulfide) groups is 1. The lowest BCUT2D eigenvalue weighted by atomic mass is 10.0. The second kappa shape index (κ2) is 9.50. The fourth-order valence-corrected chi connectivity index (χ4v) is 5.53. The molecule has 30 heavy (non-hydrogen) atoms. The van der Waals surface area contributed by atoms with E-state index in [4.69, 9.17) is 27.9 Å². The number of carboxylic acids is 1. The van der Waals surface area contributed by atoms with Gasteiger partial charge in [0.05, 0.1) is 24.0 Å². The van der Waals surface area contributed by atoms with Gasteiger partial charge in [0.15, 0.2) is 0 Å². The number of benzene rings is 2. The van der Waals surface area contributed by atoms with Crippen LogP contribution in [0.2, 0.25) is 10.0 Å². The molecule has 3 rings (SSSR count). The zero-order chi connectivity index (χ0) is 22.0. The Kier molecular flexibility index (Phi) is 7.22. The van der Waals surface area contributed by atoms with Crippen LogP contribution in [0.3, 0.4) is 0 Å². The van der Waals surface area contributed by atoms with Gasteiger partial charge in [-0.15, -0.1) is 11.8 Å². The summed E-state index contributed by atoms with van der Waals surface area (Å²) in [5, 5.41) is 9.35. The van der Waals surface area contributed by atoms with Gasteiger partial charge in [0.25, 0.3) is 0 Å². The molecule has 1 N–H and O–H groups in total. The van der Waals surface area contributed by atoms with E-state index >= 15 is 0 Å². The molecule has 0 aliphatic carbocycles. The van der Waals surface area contributed by atoms with Crippen LogP contribution in [0.25, 0.3) is 0 Å². The minimum absolute atomic E-state index is 0.203. The molecule has 1 aliphatic heterocycles. The third kappa shape index (κ3) is 4.88. The first-order valence-electron chi connectivity index (χ1n) is 9.52. The summed E-state index contributed by atoms with van der Waals surface area (Å²) in [7, 11) is 1.56. The van der Waals surface area contributed by atoms with Gasteiger partial charge < -0.3 is 14.7 Å². The van der Waals surface area contributed by atoms with Crippen molar-refractivity contribution in [3.05, 3.63) is 57.6 Å². The molecule has 160 valence electrons. The third-order valence-electron chi connectivity index (χ3n) is 4.80. The van der Waals surface area contributed by atoms with Crippen LogP contribution in [0.1, 0.15) is 36.6 Å². The zero-order valence-electron chi connectivity index (χ0n) is 16.9. The Morgan fingerprint density at radius 1 is 1.20 bits per heavy atom. The van der Waals surface area contributed by atoms with Crippen molar-refractivity contribution in [2.75, 3.05) is 18.6 Å². The van der Waals surface area contributed by atoms with Gasteiger partial charge in [-0.1, -0.05) is 43.1 Å². The molecular weight excluding hydrogens is 445 g/mol. The lowest BCUT2D eigenvalue weighted by molar-refractivity contribution is -0.138. The van der Waals surface area contributed by atoms with Crippen molar-refractivity contribution >= 4 is 52.5 Å². The minimum atomic E-state index is -1.02. The normalized spacial score (nSPS) is 18.9. The van der Waals surface area contributed by atoms with Crippen LogP contribution in [0.4, 0.5) is 5.69 Å². The number of hydrogen-bond acceptors (Lipinski definition) is 4. The number of carboxylic acid groups (broad SMARTS) is 1. The molecule has 0 saturated carbocycles. The number of halogens is 2. The lowest BCUT2D eigenvalue weighted by Gasteiger charge is -2.27. The van der Waals surface area contributed by atoms with Crippen LogP contribution in [0.5, 0.6) is 5.75 Å². The number of ether oxygens (including phenoxy) is 1. The Morgan fingerprint density at radius 3 is 2.53 bits per heavy atom. The fraction of sp³-hybridized carbons (Fsp3) is 0.364. The van der Waals surface area contributed by atoms with Gasteiger partial charge in [-0.05, 0) is 47.4 Å². The van der Waals surface area contributed by atoms with Crippen molar-refractivity contribution in [1.29, 1.82) is 0 Å². The summed E-state index contributed by atoms with van der Waals surface area (Å²) in [6.07, 6.45) is -0.274. The first-order valence-corrected chi connectivity index (χ1v) is 11.2. The quantitative estimate of drug-likeness (QED) is 0.592. The number of carbonyl (C=O) groups excluding carboxylic acids is 1. The maximum atomic E-state index is 13.4. The molecule has 2 aromatic rings. The smallest absolute Gasteiger partial charge is 0.305 e. The van der Waals surface area contributed by atoms with E-state index in [2.05, 4.69) is 0 Å². The molecule has 0 bridgehead atoms. The second-order valence-electron chi connectivity index (χ2n) is 7.54. The van der Waals surface area contributed by atoms with Gasteiger partial charge >= 0.3 is 5.97 Å². The zero-order valence-corrected chi connectivity index (χ0v) is 19.2. The van der Waals surface area contributed by atoms with Crippen LogP contribution < -0.4 is 9.64 Å².